The maximum absolute atomic E-state index is 12.2. The standard InChI is InChI=1S/C22H38N2O4S/c1-15(2)21(26)16-6-8-17(9-7-16)23-20(25)5-4-14-28-19-12-10-18(11-13-19)24-22(27)29-3/h15-19H,4-14H2,1-3H3,(H,23,25)(H,24,27)/t16-,17+,18-,19-. The number of carbonyl (C=O) groups excluding carboxylic acids is 3. The van der Waals surface area contributed by atoms with Crippen molar-refractivity contribution in [3.63, 3.8) is 0 Å². The number of nitrogens with one attached hydrogen (secondary N) is 2. The van der Waals surface area contributed by atoms with Crippen LogP contribution >= 0.6 is 11.8 Å². The second-order valence-corrected chi connectivity index (χ2v) is 9.54. The van der Waals surface area contributed by atoms with Gasteiger partial charge in [-0.3, -0.25) is 14.4 Å². The minimum absolute atomic E-state index is 0.0420. The van der Waals surface area contributed by atoms with Crippen molar-refractivity contribution in [2.45, 2.75) is 96.2 Å². The van der Waals surface area contributed by atoms with Gasteiger partial charge in [0.05, 0.1) is 6.10 Å². The lowest BCUT2D eigenvalue weighted by molar-refractivity contribution is -0.127. The number of amides is 2. The number of hydrogen-bond donors (Lipinski definition) is 2. The van der Waals surface area contributed by atoms with Gasteiger partial charge in [-0.05, 0) is 64.0 Å². The van der Waals surface area contributed by atoms with E-state index in [-0.39, 0.29) is 41.2 Å². The van der Waals surface area contributed by atoms with Crippen molar-refractivity contribution in [2.75, 3.05) is 12.9 Å². The minimum Gasteiger partial charge on any atom is -0.378 e. The molecule has 0 aliphatic heterocycles. The van der Waals surface area contributed by atoms with Gasteiger partial charge in [0.2, 0.25) is 5.91 Å². The lowest BCUT2D eigenvalue weighted by Gasteiger charge is -2.29. The number of ether oxygens (including phenoxy) is 1. The van der Waals surface area contributed by atoms with Crippen molar-refractivity contribution < 1.29 is 19.1 Å². The average Bonchev–Trinajstić information content (AvgIpc) is 2.72. The van der Waals surface area contributed by atoms with Gasteiger partial charge in [-0.25, -0.2) is 0 Å². The molecule has 0 aromatic heterocycles. The Morgan fingerprint density at radius 3 is 2.10 bits per heavy atom. The maximum Gasteiger partial charge on any atom is 0.278 e. The molecule has 29 heavy (non-hydrogen) atoms. The summed E-state index contributed by atoms with van der Waals surface area (Å²) >= 11 is 1.22. The fraction of sp³-hybridized carbons (Fsp3) is 0.864. The van der Waals surface area contributed by atoms with Crippen LogP contribution in [0, 0.1) is 11.8 Å². The molecule has 7 heteroatoms. The molecule has 2 fully saturated rings. The highest BCUT2D eigenvalue weighted by atomic mass is 32.2. The maximum atomic E-state index is 12.2. The molecule has 6 nitrogen and oxygen atoms in total. The van der Waals surface area contributed by atoms with Crippen molar-refractivity contribution in [3.8, 4) is 0 Å². The van der Waals surface area contributed by atoms with Gasteiger partial charge in [-0.2, -0.15) is 0 Å². The Kier molecular flexibility index (Phi) is 10.5. The van der Waals surface area contributed by atoms with E-state index in [0.29, 0.717) is 18.8 Å². The lowest BCUT2D eigenvalue weighted by Crippen LogP contribution is -2.39. The molecule has 0 bridgehead atoms. The first-order valence-corrected chi connectivity index (χ1v) is 12.4. The Balaban J connectivity index is 1.52. The van der Waals surface area contributed by atoms with E-state index >= 15 is 0 Å². The predicted molar refractivity (Wildman–Crippen MR) is 117 cm³/mol. The molecule has 166 valence electrons. The van der Waals surface area contributed by atoms with Gasteiger partial charge in [0.15, 0.2) is 0 Å². The van der Waals surface area contributed by atoms with Crippen LogP contribution in [0.15, 0.2) is 0 Å². The van der Waals surface area contributed by atoms with E-state index in [2.05, 4.69) is 10.6 Å². The summed E-state index contributed by atoms with van der Waals surface area (Å²) in [4.78, 5) is 35.7. The molecule has 2 saturated carbocycles. The van der Waals surface area contributed by atoms with Crippen molar-refractivity contribution in [2.24, 2.45) is 11.8 Å². The van der Waals surface area contributed by atoms with Gasteiger partial charge in [0.1, 0.15) is 5.78 Å². The number of hydrogen-bond acceptors (Lipinski definition) is 5. The third-order valence-corrected chi connectivity index (χ3v) is 6.64. The molecular weight excluding hydrogens is 388 g/mol. The summed E-state index contributed by atoms with van der Waals surface area (Å²) in [6.45, 7) is 4.54. The first-order valence-electron chi connectivity index (χ1n) is 11.2. The fourth-order valence-corrected chi connectivity index (χ4v) is 4.66. The fourth-order valence-electron chi connectivity index (χ4n) is 4.38. The molecule has 0 aromatic rings. The Morgan fingerprint density at radius 1 is 0.931 bits per heavy atom. The Bertz CT molecular complexity index is 539. The monoisotopic (exact) mass is 426 g/mol. The van der Waals surface area contributed by atoms with Gasteiger partial charge < -0.3 is 15.4 Å². The quantitative estimate of drug-likeness (QED) is 0.543. The van der Waals surface area contributed by atoms with Gasteiger partial charge in [0, 0.05) is 36.9 Å². The second-order valence-electron chi connectivity index (χ2n) is 8.76. The molecule has 0 radical (unpaired) electrons. The van der Waals surface area contributed by atoms with Crippen LogP contribution in [0.2, 0.25) is 0 Å². The number of rotatable bonds is 9. The van der Waals surface area contributed by atoms with Crippen LogP contribution in [0.5, 0.6) is 0 Å². The zero-order chi connectivity index (χ0) is 21.2. The Labute approximate surface area is 179 Å². The summed E-state index contributed by atoms with van der Waals surface area (Å²) in [7, 11) is 0. The van der Waals surface area contributed by atoms with Gasteiger partial charge >= 0.3 is 0 Å². The predicted octanol–water partition coefficient (Wildman–Crippen LogP) is 4.07. The normalized spacial score (nSPS) is 27.4. The van der Waals surface area contributed by atoms with Gasteiger partial charge in [-0.1, -0.05) is 25.6 Å². The summed E-state index contributed by atoms with van der Waals surface area (Å²) in [5.41, 5.74) is 0. The number of ketones is 1. The number of Topliss-reactive ketones (excluding diaryl/α,β-unsaturated/α-hetero) is 1. The molecular formula is C22H38N2O4S. The molecule has 0 unspecified atom stereocenters. The van der Waals surface area contributed by atoms with E-state index in [0.717, 1.165) is 57.8 Å². The van der Waals surface area contributed by atoms with E-state index in [1.807, 2.05) is 13.8 Å². The first-order chi connectivity index (χ1) is 13.9. The number of carbonyl (C=O) groups is 3. The SMILES string of the molecule is CSC(=O)N[C@H]1CC[C@H](OCCCC(=O)N[C@H]2CC[C@@H](C(=O)C(C)C)CC2)CC1. The van der Waals surface area contributed by atoms with Gasteiger partial charge in [-0.15, -0.1) is 0 Å². The molecule has 2 rings (SSSR count). The van der Waals surface area contributed by atoms with E-state index < -0.39 is 0 Å². The molecule has 0 saturated heterocycles. The molecule has 0 heterocycles. The van der Waals surface area contributed by atoms with Crippen molar-refractivity contribution in [1.82, 2.24) is 10.6 Å². The first kappa shape index (κ1) is 24.2. The zero-order valence-electron chi connectivity index (χ0n) is 18.2. The van der Waals surface area contributed by atoms with E-state index in [4.69, 9.17) is 4.74 Å². The lowest BCUT2D eigenvalue weighted by atomic mass is 9.80. The molecule has 0 aromatic carbocycles. The summed E-state index contributed by atoms with van der Waals surface area (Å²) in [5.74, 6) is 0.749. The topological polar surface area (TPSA) is 84.5 Å². The van der Waals surface area contributed by atoms with Crippen LogP contribution in [0.1, 0.15) is 78.1 Å². The van der Waals surface area contributed by atoms with Crippen molar-refractivity contribution in [3.05, 3.63) is 0 Å². The van der Waals surface area contributed by atoms with Crippen LogP contribution in [0.25, 0.3) is 0 Å². The molecule has 2 amide bonds. The minimum atomic E-state index is 0.0420. The zero-order valence-corrected chi connectivity index (χ0v) is 19.0. The Hall–Kier alpha value is -1.08. The highest BCUT2D eigenvalue weighted by molar-refractivity contribution is 8.12. The van der Waals surface area contributed by atoms with Crippen LogP contribution in [0.4, 0.5) is 4.79 Å². The summed E-state index contributed by atoms with van der Waals surface area (Å²) < 4.78 is 5.93. The van der Waals surface area contributed by atoms with Crippen molar-refractivity contribution >= 4 is 28.7 Å². The van der Waals surface area contributed by atoms with E-state index in [9.17, 15) is 14.4 Å². The van der Waals surface area contributed by atoms with Crippen LogP contribution in [-0.4, -0.2) is 48.0 Å². The average molecular weight is 427 g/mol. The van der Waals surface area contributed by atoms with Gasteiger partial charge in [0.25, 0.3) is 5.24 Å². The largest absolute Gasteiger partial charge is 0.378 e. The van der Waals surface area contributed by atoms with Crippen molar-refractivity contribution in [1.29, 1.82) is 0 Å². The molecule has 0 spiro atoms. The smallest absolute Gasteiger partial charge is 0.278 e. The Morgan fingerprint density at radius 2 is 1.52 bits per heavy atom. The molecule has 2 aliphatic rings. The molecule has 2 aliphatic carbocycles. The highest BCUT2D eigenvalue weighted by Gasteiger charge is 2.28. The summed E-state index contributed by atoms with van der Waals surface area (Å²) in [6, 6.07) is 0.484. The third kappa shape index (κ3) is 8.67. The third-order valence-electron chi connectivity index (χ3n) is 6.15. The summed E-state index contributed by atoms with van der Waals surface area (Å²) in [5, 5.41) is 6.19. The van der Waals surface area contributed by atoms with Crippen LogP contribution in [-0.2, 0) is 14.3 Å². The van der Waals surface area contributed by atoms with E-state index in [1.165, 1.54) is 11.8 Å². The second kappa shape index (κ2) is 12.6. The van der Waals surface area contributed by atoms with Crippen LogP contribution < -0.4 is 10.6 Å². The number of thioether (sulfide) groups is 1. The highest BCUT2D eigenvalue weighted by Crippen LogP contribution is 2.27. The summed E-state index contributed by atoms with van der Waals surface area (Å²) in [6.07, 6.45) is 10.7. The van der Waals surface area contributed by atoms with E-state index in [1.54, 1.807) is 6.26 Å². The van der Waals surface area contributed by atoms with Crippen LogP contribution in [0.3, 0.4) is 0 Å². The molecule has 2 N–H and O–H groups in total. The molecule has 0 atom stereocenters.